The highest BCUT2D eigenvalue weighted by molar-refractivity contribution is 6.02. The van der Waals surface area contributed by atoms with Crippen LogP contribution in [0.5, 0.6) is 5.88 Å². The lowest BCUT2D eigenvalue weighted by Crippen LogP contribution is -2.26. The van der Waals surface area contributed by atoms with Crippen LogP contribution in [0.25, 0.3) is 0 Å². The lowest BCUT2D eigenvalue weighted by molar-refractivity contribution is -0.108. The fourth-order valence-electron chi connectivity index (χ4n) is 0.981. The third-order valence-electron chi connectivity index (χ3n) is 1.73. The van der Waals surface area contributed by atoms with E-state index in [1.807, 2.05) is 0 Å². The molecule has 0 fully saturated rings. The minimum Gasteiger partial charge on any atom is -0.493 e. The lowest BCUT2D eigenvalue weighted by atomic mass is 10.2. The molecule has 80 valence electrons. The molecule has 0 aliphatic carbocycles. The van der Waals surface area contributed by atoms with E-state index in [1.165, 1.54) is 0 Å². The summed E-state index contributed by atoms with van der Waals surface area (Å²) >= 11 is 0. The summed E-state index contributed by atoms with van der Waals surface area (Å²) in [5.41, 5.74) is 3.58. The number of hydrazone groups is 1. The van der Waals surface area contributed by atoms with Crippen molar-refractivity contribution in [3.05, 3.63) is 23.4 Å². The maximum absolute atomic E-state index is 10.3. The number of amides is 1. The van der Waals surface area contributed by atoms with Gasteiger partial charge in [0.15, 0.2) is 5.84 Å². The van der Waals surface area contributed by atoms with Gasteiger partial charge in [-0.1, -0.05) is 6.07 Å². The molecule has 0 radical (unpaired) electrons. The highest BCUT2D eigenvalue weighted by Crippen LogP contribution is 2.12. The molecule has 0 aliphatic heterocycles. The van der Waals surface area contributed by atoms with Crippen molar-refractivity contribution < 1.29 is 9.90 Å². The first kappa shape index (κ1) is 11.0. The van der Waals surface area contributed by atoms with E-state index in [0.29, 0.717) is 17.7 Å². The van der Waals surface area contributed by atoms with E-state index in [2.05, 4.69) is 20.8 Å². The number of nitrogens with zero attached hydrogens (tertiary/aromatic N) is 2. The third-order valence-corrected chi connectivity index (χ3v) is 1.73. The highest BCUT2D eigenvalue weighted by Gasteiger charge is 2.06. The van der Waals surface area contributed by atoms with Crippen molar-refractivity contribution in [2.45, 2.75) is 6.92 Å². The maximum atomic E-state index is 10.3. The lowest BCUT2D eigenvalue weighted by Gasteiger charge is -2.05. The third kappa shape index (κ3) is 2.67. The summed E-state index contributed by atoms with van der Waals surface area (Å²) in [5, 5.41) is 15.6. The smallest absolute Gasteiger partial charge is 0.214 e. The van der Waals surface area contributed by atoms with Gasteiger partial charge in [-0.3, -0.25) is 4.79 Å². The molecule has 3 N–H and O–H groups in total. The molecule has 0 saturated carbocycles. The van der Waals surface area contributed by atoms with Crippen LogP contribution < -0.4 is 10.7 Å². The Morgan fingerprint density at radius 1 is 1.60 bits per heavy atom. The summed E-state index contributed by atoms with van der Waals surface area (Å²) < 4.78 is 0. The molecule has 1 aromatic rings. The minimum atomic E-state index is -0.0796. The molecule has 1 amide bonds. The molecule has 0 unspecified atom stereocenters. The Morgan fingerprint density at radius 2 is 2.33 bits per heavy atom. The van der Waals surface area contributed by atoms with Crippen LogP contribution in [0.1, 0.15) is 11.3 Å². The number of rotatable bonds is 3. The van der Waals surface area contributed by atoms with Crippen LogP contribution >= 0.6 is 0 Å². The monoisotopic (exact) mass is 208 g/mol. The molecule has 0 bridgehead atoms. The van der Waals surface area contributed by atoms with Gasteiger partial charge in [-0.25, -0.2) is 4.98 Å². The summed E-state index contributed by atoms with van der Waals surface area (Å²) in [6.07, 6.45) is 0.495. The summed E-state index contributed by atoms with van der Waals surface area (Å²) in [4.78, 5) is 14.2. The molecule has 1 aromatic heterocycles. The topological polar surface area (TPSA) is 86.6 Å². The number of amidine groups is 1. The molecule has 15 heavy (non-hydrogen) atoms. The van der Waals surface area contributed by atoms with Gasteiger partial charge in [0.2, 0.25) is 12.3 Å². The van der Waals surface area contributed by atoms with Gasteiger partial charge in [0.05, 0.1) is 0 Å². The van der Waals surface area contributed by atoms with Crippen molar-refractivity contribution in [3.8, 4) is 5.88 Å². The molecule has 1 heterocycles. The summed E-state index contributed by atoms with van der Waals surface area (Å²) in [6, 6.07) is 3.34. The minimum absolute atomic E-state index is 0.0796. The fourth-order valence-corrected chi connectivity index (χ4v) is 0.981. The molecule has 6 heteroatoms. The predicted octanol–water partition coefficient (Wildman–Crippen LogP) is -0.277. The van der Waals surface area contributed by atoms with Crippen LogP contribution in [0, 0.1) is 6.92 Å². The molecule has 1 rings (SSSR count). The maximum Gasteiger partial charge on any atom is 0.214 e. The SMILES string of the molecule is CN/N=C(\NC=O)c1ccc(C)c(O)n1. The van der Waals surface area contributed by atoms with Gasteiger partial charge in [-0.15, -0.1) is 0 Å². The van der Waals surface area contributed by atoms with Gasteiger partial charge in [-0.05, 0) is 13.0 Å². The quantitative estimate of drug-likeness (QED) is 0.276. The molecule has 0 atom stereocenters. The van der Waals surface area contributed by atoms with Gasteiger partial charge < -0.3 is 15.8 Å². The zero-order valence-electron chi connectivity index (χ0n) is 8.48. The second kappa shape index (κ2) is 4.94. The molecule has 0 aliphatic rings. The normalized spacial score (nSPS) is 10.9. The molecular formula is C9H12N4O2. The largest absolute Gasteiger partial charge is 0.493 e. The van der Waals surface area contributed by atoms with Gasteiger partial charge in [-0.2, -0.15) is 5.10 Å². The summed E-state index contributed by atoms with van der Waals surface area (Å²) in [6.45, 7) is 1.73. The molecule has 0 spiro atoms. The van der Waals surface area contributed by atoms with E-state index < -0.39 is 0 Å². The van der Waals surface area contributed by atoms with Crippen LogP contribution in [-0.4, -0.2) is 29.4 Å². The molecule has 6 nitrogen and oxygen atoms in total. The second-order valence-corrected chi connectivity index (χ2v) is 2.78. The van der Waals surface area contributed by atoms with Crippen LogP contribution in [0.4, 0.5) is 0 Å². The van der Waals surface area contributed by atoms with Gasteiger partial charge >= 0.3 is 0 Å². The Hall–Kier alpha value is -2.11. The number of pyridine rings is 1. The van der Waals surface area contributed by atoms with Crippen LogP contribution in [0.3, 0.4) is 0 Å². The second-order valence-electron chi connectivity index (χ2n) is 2.78. The number of hydrogen-bond acceptors (Lipinski definition) is 5. The van der Waals surface area contributed by atoms with Crippen molar-refractivity contribution in [2.75, 3.05) is 7.05 Å². The fraction of sp³-hybridized carbons (Fsp3) is 0.222. The number of carbonyl (C=O) groups excluding carboxylic acids is 1. The van der Waals surface area contributed by atoms with E-state index in [1.54, 1.807) is 26.1 Å². The average Bonchev–Trinajstić information content (AvgIpc) is 2.22. The van der Waals surface area contributed by atoms with Gasteiger partial charge in [0.1, 0.15) is 5.69 Å². The van der Waals surface area contributed by atoms with Crippen LogP contribution in [-0.2, 0) is 4.79 Å². The Bertz CT molecular complexity index is 390. The van der Waals surface area contributed by atoms with E-state index in [4.69, 9.17) is 0 Å². The Morgan fingerprint density at radius 3 is 2.87 bits per heavy atom. The first-order valence-electron chi connectivity index (χ1n) is 4.30. The molecule has 0 aromatic carbocycles. The van der Waals surface area contributed by atoms with Crippen molar-refractivity contribution in [2.24, 2.45) is 5.10 Å². The molecule has 0 saturated heterocycles. The van der Waals surface area contributed by atoms with Crippen molar-refractivity contribution in [1.82, 2.24) is 15.7 Å². The first-order valence-corrected chi connectivity index (χ1v) is 4.30. The summed E-state index contributed by atoms with van der Waals surface area (Å²) in [5.74, 6) is 0.173. The molecular weight excluding hydrogens is 196 g/mol. The standard InChI is InChI=1S/C9H12N4O2/c1-6-3-4-7(12-9(6)15)8(11-5-14)13-10-2/h3-5,10H,1-2H3,(H,12,15)(H,11,13,14). The van der Waals surface area contributed by atoms with E-state index in [0.717, 1.165) is 0 Å². The number of carbonyl (C=O) groups is 1. The number of aryl methyl sites for hydroxylation is 1. The number of aromatic nitrogens is 1. The van der Waals surface area contributed by atoms with E-state index in [-0.39, 0.29) is 11.7 Å². The summed E-state index contributed by atoms with van der Waals surface area (Å²) in [7, 11) is 1.60. The average molecular weight is 208 g/mol. The first-order chi connectivity index (χ1) is 7.19. The van der Waals surface area contributed by atoms with E-state index >= 15 is 0 Å². The zero-order chi connectivity index (χ0) is 11.3. The number of hydrogen-bond donors (Lipinski definition) is 3. The van der Waals surface area contributed by atoms with Crippen LogP contribution in [0.2, 0.25) is 0 Å². The predicted molar refractivity (Wildman–Crippen MR) is 55.4 cm³/mol. The van der Waals surface area contributed by atoms with Crippen molar-refractivity contribution in [3.63, 3.8) is 0 Å². The Kier molecular flexibility index (Phi) is 3.61. The Balaban J connectivity index is 3.06. The van der Waals surface area contributed by atoms with Crippen molar-refractivity contribution >= 4 is 12.2 Å². The number of nitrogens with one attached hydrogen (secondary N) is 2. The van der Waals surface area contributed by atoms with E-state index in [9.17, 15) is 9.90 Å². The van der Waals surface area contributed by atoms with Gasteiger partial charge in [0, 0.05) is 12.6 Å². The highest BCUT2D eigenvalue weighted by atomic mass is 16.3. The van der Waals surface area contributed by atoms with Crippen LogP contribution in [0.15, 0.2) is 17.2 Å². The van der Waals surface area contributed by atoms with Gasteiger partial charge in [0.25, 0.3) is 0 Å². The Labute approximate surface area is 87.0 Å². The number of aromatic hydroxyl groups is 1. The zero-order valence-corrected chi connectivity index (χ0v) is 8.48. The van der Waals surface area contributed by atoms with Crippen molar-refractivity contribution in [1.29, 1.82) is 0 Å².